The minimum absolute atomic E-state index is 0.370. The summed E-state index contributed by atoms with van der Waals surface area (Å²) in [6.45, 7) is 4.04. The second-order valence-corrected chi connectivity index (χ2v) is 9.46. The maximum absolute atomic E-state index is 9.08. The molecule has 0 saturated carbocycles. The molecule has 3 aromatic rings. The topological polar surface area (TPSA) is 32.0 Å². The summed E-state index contributed by atoms with van der Waals surface area (Å²) in [5, 5.41) is 11.2. The molecule has 0 N–H and O–H groups in total. The van der Waals surface area contributed by atoms with Crippen molar-refractivity contribution in [3.05, 3.63) is 69.9 Å². The van der Waals surface area contributed by atoms with Crippen LogP contribution in [0, 0.1) is 18.3 Å². The van der Waals surface area contributed by atoms with Crippen LogP contribution in [0.3, 0.4) is 0 Å². The first-order valence-electron chi connectivity index (χ1n) is 9.44. The van der Waals surface area contributed by atoms with Crippen molar-refractivity contribution in [2.45, 2.75) is 38.8 Å². The van der Waals surface area contributed by atoms with E-state index in [4.69, 9.17) is 16.9 Å². The Morgan fingerprint density at radius 2 is 2.04 bits per heavy atom. The van der Waals surface area contributed by atoms with Crippen LogP contribution in [-0.4, -0.2) is 15.4 Å². The highest BCUT2D eigenvalue weighted by atomic mass is 127. The number of likely N-dealkylation sites (tertiary alicyclic amines) is 1. The number of hydrogen-bond acceptors (Lipinski definition) is 3. The predicted molar refractivity (Wildman–Crippen MR) is 127 cm³/mol. The Morgan fingerprint density at radius 3 is 2.75 bits per heavy atom. The molecule has 6 heteroatoms. The molecule has 0 bridgehead atoms. The third-order valence-corrected chi connectivity index (χ3v) is 7.72. The van der Waals surface area contributed by atoms with Crippen molar-refractivity contribution in [1.29, 1.82) is 5.26 Å². The molecule has 144 valence electrons. The molecule has 1 unspecified atom stereocenters. The maximum Gasteiger partial charge on any atom is 0.0991 e. The van der Waals surface area contributed by atoms with Crippen LogP contribution in [0.15, 0.2) is 42.6 Å². The quantitative estimate of drug-likeness (QED) is 0.345. The van der Waals surface area contributed by atoms with E-state index < -0.39 is 0 Å². The van der Waals surface area contributed by atoms with Gasteiger partial charge in [0, 0.05) is 59.5 Å². The van der Waals surface area contributed by atoms with Crippen LogP contribution < -0.4 is 0 Å². The van der Waals surface area contributed by atoms with Crippen molar-refractivity contribution < 1.29 is 0 Å². The van der Waals surface area contributed by atoms with E-state index in [0.29, 0.717) is 11.6 Å². The smallest absolute Gasteiger partial charge is 0.0991 e. The van der Waals surface area contributed by atoms with E-state index in [0.717, 1.165) is 24.5 Å². The highest BCUT2D eigenvalue weighted by Gasteiger charge is 2.26. The third-order valence-electron chi connectivity index (χ3n) is 5.66. The number of rotatable bonds is 4. The fourth-order valence-corrected chi connectivity index (χ4v) is 6.01. The number of aromatic nitrogens is 1. The Balaban J connectivity index is 1.70. The molecular weight excluding hydrogens is 501 g/mol. The van der Waals surface area contributed by atoms with Crippen LogP contribution in [0.1, 0.15) is 47.6 Å². The summed E-state index contributed by atoms with van der Waals surface area (Å²) < 4.78 is 2.21. The van der Waals surface area contributed by atoms with Crippen molar-refractivity contribution in [1.82, 2.24) is 8.87 Å². The first-order chi connectivity index (χ1) is 13.6. The third kappa shape index (κ3) is 3.80. The standard InChI is InChI=1S/C22H21ClIN3S/c1-15-12-20(23)19(18-9-11-27(28-24)22(15)18)14-26-10-3-2-4-21(26)17-7-5-16(13-25)6-8-17/h5-9,11-12,21H,2-4,10,14H2,1H3. The van der Waals surface area contributed by atoms with Crippen molar-refractivity contribution >= 4 is 52.8 Å². The lowest BCUT2D eigenvalue weighted by Crippen LogP contribution is -2.33. The van der Waals surface area contributed by atoms with Crippen LogP contribution >= 0.6 is 41.9 Å². The van der Waals surface area contributed by atoms with Gasteiger partial charge in [-0.2, -0.15) is 5.26 Å². The first-order valence-corrected chi connectivity index (χ1v) is 13.1. The van der Waals surface area contributed by atoms with E-state index >= 15 is 0 Å². The first kappa shape index (κ1) is 20.1. The molecule has 1 aromatic heterocycles. The van der Waals surface area contributed by atoms with Gasteiger partial charge in [-0.25, -0.2) is 0 Å². The van der Waals surface area contributed by atoms with Gasteiger partial charge >= 0.3 is 0 Å². The number of nitrogens with zero attached hydrogens (tertiary/aromatic N) is 3. The molecule has 28 heavy (non-hydrogen) atoms. The van der Waals surface area contributed by atoms with Crippen LogP contribution in [0.25, 0.3) is 10.9 Å². The lowest BCUT2D eigenvalue weighted by molar-refractivity contribution is 0.141. The summed E-state index contributed by atoms with van der Waals surface area (Å²) >= 11 is 9.05. The van der Waals surface area contributed by atoms with E-state index in [1.165, 1.54) is 40.4 Å². The molecule has 0 spiro atoms. The van der Waals surface area contributed by atoms with Gasteiger partial charge in [0.1, 0.15) is 0 Å². The highest BCUT2D eigenvalue weighted by Crippen LogP contribution is 2.38. The zero-order valence-electron chi connectivity index (χ0n) is 15.7. The second kappa shape index (κ2) is 8.66. The molecule has 0 amide bonds. The summed E-state index contributed by atoms with van der Waals surface area (Å²) in [4.78, 5) is 2.55. The van der Waals surface area contributed by atoms with Gasteiger partial charge in [0.05, 0.1) is 17.1 Å². The Labute approximate surface area is 187 Å². The minimum atomic E-state index is 0.370. The zero-order chi connectivity index (χ0) is 19.7. The summed E-state index contributed by atoms with van der Waals surface area (Å²) in [7, 11) is 1.68. The van der Waals surface area contributed by atoms with Crippen molar-refractivity contribution in [3.8, 4) is 6.07 Å². The molecule has 1 saturated heterocycles. The molecule has 1 atom stereocenters. The molecule has 1 aliphatic heterocycles. The Hall–Kier alpha value is -1.20. The molecule has 1 aliphatic rings. The molecule has 4 rings (SSSR count). The predicted octanol–water partition coefficient (Wildman–Crippen LogP) is 7.05. The van der Waals surface area contributed by atoms with Crippen LogP contribution in [0.2, 0.25) is 5.02 Å². The van der Waals surface area contributed by atoms with Gasteiger partial charge in [-0.05, 0) is 67.3 Å². The number of aryl methyl sites for hydroxylation is 1. The van der Waals surface area contributed by atoms with Crippen LogP contribution in [0.4, 0.5) is 0 Å². The molecular formula is C22H21ClIN3S. The lowest BCUT2D eigenvalue weighted by atomic mass is 9.93. The maximum atomic E-state index is 9.08. The summed E-state index contributed by atoms with van der Waals surface area (Å²) in [6, 6.07) is 14.9. The summed E-state index contributed by atoms with van der Waals surface area (Å²) in [5.41, 5.74) is 5.68. The fraction of sp³-hybridized carbons (Fsp3) is 0.318. The number of benzene rings is 2. The van der Waals surface area contributed by atoms with E-state index in [-0.39, 0.29) is 0 Å². The zero-order valence-corrected chi connectivity index (χ0v) is 19.4. The monoisotopic (exact) mass is 521 g/mol. The second-order valence-electron chi connectivity index (χ2n) is 7.34. The molecule has 2 aromatic carbocycles. The number of hydrogen-bond donors (Lipinski definition) is 0. The summed E-state index contributed by atoms with van der Waals surface area (Å²) in [5.74, 6) is 0. The fourth-order valence-electron chi connectivity index (χ4n) is 4.28. The van der Waals surface area contributed by atoms with E-state index in [9.17, 15) is 0 Å². The number of piperidine rings is 1. The van der Waals surface area contributed by atoms with Crippen LogP contribution in [-0.2, 0) is 6.54 Å². The SMILES string of the molecule is Cc1cc(Cl)c(CN2CCCCC2c2ccc(C#N)cc2)c2ccn(SI)c12. The van der Waals surface area contributed by atoms with Gasteiger partial charge in [-0.1, -0.05) is 30.2 Å². The number of halogens is 2. The Kier molecular flexibility index (Phi) is 6.21. The van der Waals surface area contributed by atoms with Gasteiger partial charge in [0.15, 0.2) is 0 Å². The van der Waals surface area contributed by atoms with Gasteiger partial charge < -0.3 is 0 Å². The summed E-state index contributed by atoms with van der Waals surface area (Å²) in [6.07, 6.45) is 5.72. The number of fused-ring (bicyclic) bond motifs is 1. The average Bonchev–Trinajstić information content (AvgIpc) is 3.16. The molecule has 0 aliphatic carbocycles. The molecule has 2 heterocycles. The van der Waals surface area contributed by atoms with E-state index in [2.05, 4.69) is 73.5 Å². The average molecular weight is 522 g/mol. The molecule has 1 fully saturated rings. The van der Waals surface area contributed by atoms with Crippen molar-refractivity contribution in [3.63, 3.8) is 0 Å². The van der Waals surface area contributed by atoms with E-state index in [1.54, 1.807) is 9.12 Å². The van der Waals surface area contributed by atoms with Gasteiger partial charge in [0.2, 0.25) is 0 Å². The molecule has 3 nitrogen and oxygen atoms in total. The van der Waals surface area contributed by atoms with Gasteiger partial charge in [-0.15, -0.1) is 0 Å². The minimum Gasteiger partial charge on any atom is -0.292 e. The largest absolute Gasteiger partial charge is 0.292 e. The lowest BCUT2D eigenvalue weighted by Gasteiger charge is -2.36. The van der Waals surface area contributed by atoms with Crippen molar-refractivity contribution in [2.24, 2.45) is 0 Å². The van der Waals surface area contributed by atoms with E-state index in [1.807, 2.05) is 12.1 Å². The van der Waals surface area contributed by atoms with Crippen LogP contribution in [0.5, 0.6) is 0 Å². The Bertz CT molecular complexity index is 1040. The highest BCUT2D eigenvalue weighted by molar-refractivity contribution is 14.2. The van der Waals surface area contributed by atoms with Crippen molar-refractivity contribution in [2.75, 3.05) is 6.54 Å². The number of nitriles is 1. The Morgan fingerprint density at radius 1 is 1.25 bits per heavy atom. The molecule has 0 radical (unpaired) electrons. The van der Waals surface area contributed by atoms with Gasteiger partial charge in [-0.3, -0.25) is 8.87 Å². The van der Waals surface area contributed by atoms with Gasteiger partial charge in [0.25, 0.3) is 0 Å². The normalized spacial score (nSPS) is 17.7.